The maximum atomic E-state index is 5.97. The van der Waals surface area contributed by atoms with Gasteiger partial charge in [0.05, 0.1) is 6.54 Å². The van der Waals surface area contributed by atoms with Crippen LogP contribution in [0.25, 0.3) is 0 Å². The molecule has 0 bridgehead atoms. The molecule has 0 radical (unpaired) electrons. The molecule has 2 aliphatic rings. The SMILES string of the molecule is CCNC(=NCc1ccc(OC2CCCCC2)nc1)NCC1CC1. The number of pyridine rings is 1. The lowest BCUT2D eigenvalue weighted by atomic mass is 9.98. The van der Waals surface area contributed by atoms with Gasteiger partial charge in [-0.25, -0.2) is 9.98 Å². The summed E-state index contributed by atoms with van der Waals surface area (Å²) >= 11 is 0. The molecular formula is C19H30N4O. The third-order valence-corrected chi connectivity index (χ3v) is 4.66. The van der Waals surface area contributed by atoms with Crippen LogP contribution in [0.4, 0.5) is 0 Å². The topological polar surface area (TPSA) is 58.5 Å². The molecule has 0 aromatic carbocycles. The van der Waals surface area contributed by atoms with Crippen molar-refractivity contribution in [2.75, 3.05) is 13.1 Å². The zero-order chi connectivity index (χ0) is 16.6. The van der Waals surface area contributed by atoms with Crippen molar-refractivity contribution in [3.05, 3.63) is 23.9 Å². The van der Waals surface area contributed by atoms with E-state index in [-0.39, 0.29) is 0 Å². The summed E-state index contributed by atoms with van der Waals surface area (Å²) in [7, 11) is 0. The number of aliphatic imine (C=N–C) groups is 1. The van der Waals surface area contributed by atoms with Crippen LogP contribution < -0.4 is 15.4 Å². The van der Waals surface area contributed by atoms with Gasteiger partial charge >= 0.3 is 0 Å². The second-order valence-corrected chi connectivity index (χ2v) is 6.90. The van der Waals surface area contributed by atoms with Crippen molar-refractivity contribution in [3.63, 3.8) is 0 Å². The summed E-state index contributed by atoms with van der Waals surface area (Å²) in [6.45, 7) is 4.63. The van der Waals surface area contributed by atoms with Gasteiger partial charge in [-0.1, -0.05) is 12.5 Å². The highest BCUT2D eigenvalue weighted by atomic mass is 16.5. The third-order valence-electron chi connectivity index (χ3n) is 4.66. The number of hydrogen-bond acceptors (Lipinski definition) is 3. The predicted octanol–water partition coefficient (Wildman–Crippen LogP) is 3.26. The Kier molecular flexibility index (Phi) is 6.33. The van der Waals surface area contributed by atoms with Crippen molar-refractivity contribution in [2.24, 2.45) is 10.9 Å². The normalized spacial score (nSPS) is 19.1. The quantitative estimate of drug-likeness (QED) is 0.595. The van der Waals surface area contributed by atoms with E-state index in [0.717, 1.165) is 49.3 Å². The number of hydrogen-bond donors (Lipinski definition) is 2. The van der Waals surface area contributed by atoms with Crippen LogP contribution in [0.1, 0.15) is 57.4 Å². The van der Waals surface area contributed by atoms with Gasteiger partial charge < -0.3 is 15.4 Å². The average molecular weight is 330 g/mol. The highest BCUT2D eigenvalue weighted by Gasteiger charge is 2.21. The van der Waals surface area contributed by atoms with Crippen LogP contribution in [0.2, 0.25) is 0 Å². The van der Waals surface area contributed by atoms with E-state index >= 15 is 0 Å². The van der Waals surface area contributed by atoms with E-state index in [1.807, 2.05) is 12.3 Å². The molecule has 0 saturated heterocycles. The Morgan fingerprint density at radius 1 is 1.17 bits per heavy atom. The van der Waals surface area contributed by atoms with E-state index in [1.54, 1.807) is 0 Å². The number of rotatable bonds is 7. The molecule has 24 heavy (non-hydrogen) atoms. The second-order valence-electron chi connectivity index (χ2n) is 6.90. The lowest BCUT2D eigenvalue weighted by molar-refractivity contribution is 0.148. The van der Waals surface area contributed by atoms with Gasteiger partial charge in [0.2, 0.25) is 5.88 Å². The lowest BCUT2D eigenvalue weighted by Gasteiger charge is -2.22. The molecule has 0 spiro atoms. The fourth-order valence-electron chi connectivity index (χ4n) is 3.00. The minimum Gasteiger partial charge on any atom is -0.474 e. The minimum atomic E-state index is 0.349. The summed E-state index contributed by atoms with van der Waals surface area (Å²) in [6.07, 6.45) is 11.1. The molecule has 2 aliphatic carbocycles. The van der Waals surface area contributed by atoms with Gasteiger partial charge in [0.15, 0.2) is 5.96 Å². The van der Waals surface area contributed by atoms with Gasteiger partial charge in [-0.05, 0) is 56.9 Å². The summed E-state index contributed by atoms with van der Waals surface area (Å²) in [4.78, 5) is 9.09. The van der Waals surface area contributed by atoms with Crippen LogP contribution in [0.15, 0.2) is 23.3 Å². The summed E-state index contributed by atoms with van der Waals surface area (Å²) in [5.41, 5.74) is 1.11. The monoisotopic (exact) mass is 330 g/mol. The molecule has 2 saturated carbocycles. The van der Waals surface area contributed by atoms with Crippen molar-refractivity contribution in [1.29, 1.82) is 0 Å². The second kappa shape index (κ2) is 8.90. The molecule has 5 heteroatoms. The molecule has 132 valence electrons. The first kappa shape index (κ1) is 17.1. The van der Waals surface area contributed by atoms with E-state index in [1.165, 1.54) is 32.1 Å². The largest absolute Gasteiger partial charge is 0.474 e. The minimum absolute atomic E-state index is 0.349. The molecular weight excluding hydrogens is 300 g/mol. The highest BCUT2D eigenvalue weighted by Crippen LogP contribution is 2.27. The fourth-order valence-corrected chi connectivity index (χ4v) is 3.00. The Morgan fingerprint density at radius 2 is 2.00 bits per heavy atom. The average Bonchev–Trinajstić information content (AvgIpc) is 3.44. The zero-order valence-corrected chi connectivity index (χ0v) is 14.8. The summed E-state index contributed by atoms with van der Waals surface area (Å²) in [5, 5.41) is 6.71. The summed E-state index contributed by atoms with van der Waals surface area (Å²) < 4.78 is 5.97. The molecule has 1 aromatic rings. The maximum absolute atomic E-state index is 5.97. The van der Waals surface area contributed by atoms with Crippen LogP contribution >= 0.6 is 0 Å². The molecule has 0 atom stereocenters. The molecule has 0 aliphatic heterocycles. The molecule has 5 nitrogen and oxygen atoms in total. The Balaban J connectivity index is 1.48. The maximum Gasteiger partial charge on any atom is 0.213 e. The van der Waals surface area contributed by atoms with Crippen molar-refractivity contribution >= 4 is 5.96 Å². The number of nitrogens with one attached hydrogen (secondary N) is 2. The van der Waals surface area contributed by atoms with Crippen LogP contribution in [0.3, 0.4) is 0 Å². The van der Waals surface area contributed by atoms with Crippen LogP contribution in [-0.2, 0) is 6.54 Å². The van der Waals surface area contributed by atoms with Gasteiger partial charge in [-0.3, -0.25) is 0 Å². The Morgan fingerprint density at radius 3 is 2.67 bits per heavy atom. The first-order chi connectivity index (χ1) is 11.8. The first-order valence-corrected chi connectivity index (χ1v) is 9.47. The van der Waals surface area contributed by atoms with Gasteiger partial charge in [-0.15, -0.1) is 0 Å². The molecule has 2 fully saturated rings. The van der Waals surface area contributed by atoms with E-state index in [4.69, 9.17) is 4.74 Å². The standard InChI is InChI=1S/C19H30N4O/c1-2-20-19(22-12-15-8-9-15)23-14-16-10-11-18(21-13-16)24-17-6-4-3-5-7-17/h10-11,13,15,17H,2-9,12,14H2,1H3,(H2,20,22,23). The van der Waals surface area contributed by atoms with Crippen molar-refractivity contribution in [2.45, 2.75) is 64.5 Å². The van der Waals surface area contributed by atoms with E-state index < -0.39 is 0 Å². The Bertz CT molecular complexity index is 519. The van der Waals surface area contributed by atoms with Crippen molar-refractivity contribution < 1.29 is 4.74 Å². The summed E-state index contributed by atoms with van der Waals surface area (Å²) in [5.74, 6) is 2.48. The fraction of sp³-hybridized carbons (Fsp3) is 0.684. The first-order valence-electron chi connectivity index (χ1n) is 9.47. The molecule has 0 unspecified atom stereocenters. The zero-order valence-electron chi connectivity index (χ0n) is 14.8. The van der Waals surface area contributed by atoms with Crippen molar-refractivity contribution in [1.82, 2.24) is 15.6 Å². The molecule has 1 heterocycles. The predicted molar refractivity (Wildman–Crippen MR) is 97.3 cm³/mol. The van der Waals surface area contributed by atoms with Gasteiger partial charge in [-0.2, -0.15) is 0 Å². The molecule has 3 rings (SSSR count). The smallest absolute Gasteiger partial charge is 0.213 e. The highest BCUT2D eigenvalue weighted by molar-refractivity contribution is 5.79. The lowest BCUT2D eigenvalue weighted by Crippen LogP contribution is -2.38. The number of guanidine groups is 1. The van der Waals surface area contributed by atoms with E-state index in [9.17, 15) is 0 Å². The molecule has 1 aromatic heterocycles. The van der Waals surface area contributed by atoms with Crippen LogP contribution in [0, 0.1) is 5.92 Å². The van der Waals surface area contributed by atoms with Gasteiger partial charge in [0, 0.05) is 25.4 Å². The third kappa shape index (κ3) is 5.69. The van der Waals surface area contributed by atoms with Crippen LogP contribution in [0.5, 0.6) is 5.88 Å². The van der Waals surface area contributed by atoms with Gasteiger partial charge in [0.1, 0.15) is 6.10 Å². The van der Waals surface area contributed by atoms with Gasteiger partial charge in [0.25, 0.3) is 0 Å². The van der Waals surface area contributed by atoms with E-state index in [2.05, 4.69) is 33.6 Å². The number of aromatic nitrogens is 1. The summed E-state index contributed by atoms with van der Waals surface area (Å²) in [6, 6.07) is 4.04. The number of nitrogens with zero attached hydrogens (tertiary/aromatic N) is 2. The molecule has 0 amide bonds. The van der Waals surface area contributed by atoms with Crippen LogP contribution in [-0.4, -0.2) is 30.1 Å². The van der Waals surface area contributed by atoms with Crippen molar-refractivity contribution in [3.8, 4) is 5.88 Å². The number of ether oxygens (including phenoxy) is 1. The Hall–Kier alpha value is -1.78. The van der Waals surface area contributed by atoms with E-state index in [0.29, 0.717) is 12.6 Å². The Labute approximate surface area is 145 Å². The molecule has 2 N–H and O–H groups in total.